The summed E-state index contributed by atoms with van der Waals surface area (Å²) in [6.07, 6.45) is -4.47. The molecule has 1 saturated heterocycles. The third-order valence-electron chi connectivity index (χ3n) is 2.91. The first-order valence-corrected chi connectivity index (χ1v) is 6.33. The van der Waals surface area contributed by atoms with Crippen molar-refractivity contribution < 1.29 is 27.5 Å². The lowest BCUT2D eigenvalue weighted by Gasteiger charge is -2.21. The van der Waals surface area contributed by atoms with E-state index < -0.39 is 41.9 Å². The standard InChI is InChI=1S/C12H16F3N3O3/c1-11(2,3)21-10(20)16-8-6-17-4-7(12(13,14)15)5-18(17)9(8)19/h5,8H,4,6H2,1-3H3,(H,16,20). The van der Waals surface area contributed by atoms with Gasteiger partial charge in [-0.3, -0.25) is 4.79 Å². The molecule has 1 atom stereocenters. The number of nitrogens with one attached hydrogen (secondary N) is 1. The highest BCUT2D eigenvalue weighted by molar-refractivity contribution is 5.88. The van der Waals surface area contributed by atoms with Crippen molar-refractivity contribution >= 4 is 12.0 Å². The molecule has 2 amide bonds. The number of alkyl carbamates (subject to hydrolysis) is 1. The van der Waals surface area contributed by atoms with E-state index in [0.717, 1.165) is 11.2 Å². The maximum atomic E-state index is 12.6. The Kier molecular flexibility index (Phi) is 3.64. The van der Waals surface area contributed by atoms with Gasteiger partial charge in [-0.05, 0) is 20.8 Å². The van der Waals surface area contributed by atoms with Crippen molar-refractivity contribution in [3.63, 3.8) is 0 Å². The smallest absolute Gasteiger partial charge is 0.415 e. The highest BCUT2D eigenvalue weighted by Crippen LogP contribution is 2.33. The van der Waals surface area contributed by atoms with E-state index in [1.54, 1.807) is 20.8 Å². The molecule has 1 unspecified atom stereocenters. The number of ether oxygens (including phenoxy) is 1. The monoisotopic (exact) mass is 307 g/mol. The van der Waals surface area contributed by atoms with Gasteiger partial charge in [0.2, 0.25) is 0 Å². The number of alkyl halides is 3. The Morgan fingerprint density at radius 2 is 2.00 bits per heavy atom. The van der Waals surface area contributed by atoms with Crippen LogP contribution in [0, 0.1) is 0 Å². The van der Waals surface area contributed by atoms with Crippen molar-refractivity contribution in [1.29, 1.82) is 0 Å². The number of carbonyl (C=O) groups is 2. The summed E-state index contributed by atoms with van der Waals surface area (Å²) in [7, 11) is 0. The van der Waals surface area contributed by atoms with E-state index >= 15 is 0 Å². The fourth-order valence-electron chi connectivity index (χ4n) is 2.07. The van der Waals surface area contributed by atoms with Gasteiger partial charge in [-0.15, -0.1) is 0 Å². The third-order valence-corrected chi connectivity index (χ3v) is 2.91. The average molecular weight is 307 g/mol. The van der Waals surface area contributed by atoms with Gasteiger partial charge < -0.3 is 10.1 Å². The highest BCUT2D eigenvalue weighted by atomic mass is 19.4. The zero-order chi connectivity index (χ0) is 16.0. The zero-order valence-electron chi connectivity index (χ0n) is 11.8. The van der Waals surface area contributed by atoms with Gasteiger partial charge in [-0.2, -0.15) is 13.2 Å². The summed E-state index contributed by atoms with van der Waals surface area (Å²) < 4.78 is 42.7. The minimum Gasteiger partial charge on any atom is -0.444 e. The van der Waals surface area contributed by atoms with E-state index in [1.807, 2.05) is 0 Å². The van der Waals surface area contributed by atoms with Gasteiger partial charge in [-0.1, -0.05) is 0 Å². The second-order valence-corrected chi connectivity index (χ2v) is 5.88. The first-order valence-electron chi connectivity index (χ1n) is 6.33. The van der Waals surface area contributed by atoms with Crippen LogP contribution in [-0.2, 0) is 9.53 Å². The van der Waals surface area contributed by atoms with Crippen LogP contribution in [0.25, 0.3) is 0 Å². The second kappa shape index (κ2) is 4.90. The molecule has 2 aliphatic heterocycles. The molecule has 118 valence electrons. The zero-order valence-corrected chi connectivity index (χ0v) is 11.8. The quantitative estimate of drug-likeness (QED) is 0.795. The van der Waals surface area contributed by atoms with Crippen LogP contribution in [0.15, 0.2) is 11.8 Å². The van der Waals surface area contributed by atoms with Crippen LogP contribution in [0.2, 0.25) is 0 Å². The fraction of sp³-hybridized carbons (Fsp3) is 0.667. The van der Waals surface area contributed by atoms with Crippen LogP contribution in [0.1, 0.15) is 20.8 Å². The van der Waals surface area contributed by atoms with E-state index in [0.29, 0.717) is 0 Å². The number of carbonyl (C=O) groups excluding carboxylic acids is 2. The number of halogens is 3. The van der Waals surface area contributed by atoms with Crippen molar-refractivity contribution in [3.05, 3.63) is 11.8 Å². The van der Waals surface area contributed by atoms with E-state index in [-0.39, 0.29) is 6.54 Å². The SMILES string of the molecule is CC(C)(C)OC(=O)NC1CN2CC(C(F)(F)F)=CN2C1=O. The molecule has 0 aromatic carbocycles. The molecule has 0 aliphatic carbocycles. The molecule has 1 N–H and O–H groups in total. The third kappa shape index (κ3) is 3.46. The Balaban J connectivity index is 1.99. The van der Waals surface area contributed by atoms with Crippen LogP contribution < -0.4 is 5.32 Å². The number of fused-ring (bicyclic) bond motifs is 1. The Labute approximate surface area is 119 Å². The second-order valence-electron chi connectivity index (χ2n) is 5.88. The molecule has 21 heavy (non-hydrogen) atoms. The van der Waals surface area contributed by atoms with Crippen molar-refractivity contribution in [2.75, 3.05) is 13.1 Å². The lowest BCUT2D eigenvalue weighted by atomic mass is 10.2. The first kappa shape index (κ1) is 15.6. The molecular weight excluding hydrogens is 291 g/mol. The van der Waals surface area contributed by atoms with Crippen LogP contribution in [0.4, 0.5) is 18.0 Å². The topological polar surface area (TPSA) is 61.9 Å². The molecule has 0 aromatic heterocycles. The summed E-state index contributed by atoms with van der Waals surface area (Å²) in [5, 5.41) is 4.49. The number of hydrogen-bond donors (Lipinski definition) is 1. The maximum Gasteiger partial charge on any atom is 0.415 e. The average Bonchev–Trinajstić information content (AvgIpc) is 2.77. The molecule has 0 saturated carbocycles. The number of hydrogen-bond acceptors (Lipinski definition) is 4. The van der Waals surface area contributed by atoms with Crippen LogP contribution in [0.3, 0.4) is 0 Å². The molecule has 1 fully saturated rings. The predicted molar refractivity (Wildman–Crippen MR) is 65.7 cm³/mol. The predicted octanol–water partition coefficient (Wildman–Crippen LogP) is 1.40. The van der Waals surface area contributed by atoms with Gasteiger partial charge >= 0.3 is 12.3 Å². The summed E-state index contributed by atoms with van der Waals surface area (Å²) in [6, 6.07) is -0.911. The maximum absolute atomic E-state index is 12.6. The van der Waals surface area contributed by atoms with E-state index in [4.69, 9.17) is 4.74 Å². The van der Waals surface area contributed by atoms with Crippen LogP contribution in [-0.4, -0.2) is 52.9 Å². The number of rotatable bonds is 1. The van der Waals surface area contributed by atoms with Crippen molar-refractivity contribution in [2.45, 2.75) is 38.6 Å². The summed E-state index contributed by atoms with van der Waals surface area (Å²) in [5.41, 5.74) is -1.50. The molecule has 6 nitrogen and oxygen atoms in total. The van der Waals surface area contributed by atoms with E-state index in [1.165, 1.54) is 5.01 Å². The Bertz CT molecular complexity index is 496. The minimum atomic E-state index is -4.46. The summed E-state index contributed by atoms with van der Waals surface area (Å²) in [5.74, 6) is -0.611. The minimum absolute atomic E-state index is 0.0197. The molecule has 2 rings (SSSR count). The van der Waals surface area contributed by atoms with Gasteiger partial charge in [0.05, 0.1) is 12.1 Å². The summed E-state index contributed by atoms with van der Waals surface area (Å²) in [6.45, 7) is 4.59. The Morgan fingerprint density at radius 1 is 1.38 bits per heavy atom. The molecule has 0 aromatic rings. The van der Waals surface area contributed by atoms with Crippen molar-refractivity contribution in [1.82, 2.24) is 15.3 Å². The van der Waals surface area contributed by atoms with Gasteiger partial charge in [0.25, 0.3) is 5.91 Å². The molecule has 2 aliphatic rings. The molecule has 9 heteroatoms. The molecule has 0 bridgehead atoms. The van der Waals surface area contributed by atoms with Crippen LogP contribution in [0.5, 0.6) is 0 Å². The molecule has 2 heterocycles. The fourth-order valence-corrected chi connectivity index (χ4v) is 2.07. The summed E-state index contributed by atoms with van der Waals surface area (Å²) in [4.78, 5) is 23.5. The highest BCUT2D eigenvalue weighted by Gasteiger charge is 2.47. The van der Waals surface area contributed by atoms with Gasteiger partial charge in [0, 0.05) is 12.7 Å². The molecule has 0 spiro atoms. The molecule has 0 radical (unpaired) electrons. The lowest BCUT2D eigenvalue weighted by molar-refractivity contribution is -0.132. The van der Waals surface area contributed by atoms with Gasteiger partial charge in [0.1, 0.15) is 11.6 Å². The first-order chi connectivity index (χ1) is 9.47. The normalized spacial score (nSPS) is 23.1. The largest absolute Gasteiger partial charge is 0.444 e. The Morgan fingerprint density at radius 3 is 2.48 bits per heavy atom. The van der Waals surface area contributed by atoms with E-state index in [9.17, 15) is 22.8 Å². The number of nitrogens with zero attached hydrogens (tertiary/aromatic N) is 2. The van der Waals surface area contributed by atoms with E-state index in [2.05, 4.69) is 5.32 Å². The molecular formula is C12H16F3N3O3. The van der Waals surface area contributed by atoms with Crippen LogP contribution >= 0.6 is 0 Å². The van der Waals surface area contributed by atoms with Crippen molar-refractivity contribution in [2.24, 2.45) is 0 Å². The lowest BCUT2D eigenvalue weighted by Crippen LogP contribution is -2.44. The summed E-state index contributed by atoms with van der Waals surface area (Å²) >= 11 is 0. The Hall–Kier alpha value is -1.77. The van der Waals surface area contributed by atoms with Gasteiger partial charge in [0.15, 0.2) is 0 Å². The van der Waals surface area contributed by atoms with Crippen molar-refractivity contribution in [3.8, 4) is 0 Å². The van der Waals surface area contributed by atoms with Gasteiger partial charge in [-0.25, -0.2) is 14.8 Å². The number of amides is 2. The number of hydrazine groups is 1.